The van der Waals surface area contributed by atoms with Crippen LogP contribution in [-0.4, -0.2) is 38.1 Å². The summed E-state index contributed by atoms with van der Waals surface area (Å²) in [7, 11) is 3.19. The van der Waals surface area contributed by atoms with Crippen molar-refractivity contribution in [3.63, 3.8) is 0 Å². The van der Waals surface area contributed by atoms with Crippen molar-refractivity contribution in [2.75, 3.05) is 20.8 Å². The third-order valence-corrected chi connectivity index (χ3v) is 3.06. The van der Waals surface area contributed by atoms with Gasteiger partial charge in [-0.25, -0.2) is 0 Å². The molecule has 5 heteroatoms. The van der Waals surface area contributed by atoms with Crippen molar-refractivity contribution in [1.29, 1.82) is 0 Å². The van der Waals surface area contributed by atoms with E-state index in [-0.39, 0.29) is 12.2 Å². The predicted molar refractivity (Wildman–Crippen MR) is 73.6 cm³/mol. The van der Waals surface area contributed by atoms with Gasteiger partial charge in [0.1, 0.15) is 11.5 Å². The van der Waals surface area contributed by atoms with Gasteiger partial charge in [-0.2, -0.15) is 0 Å². The molecule has 3 N–H and O–H groups in total. The van der Waals surface area contributed by atoms with E-state index in [9.17, 15) is 5.11 Å². The van der Waals surface area contributed by atoms with E-state index in [1.807, 2.05) is 19.1 Å². The monoisotopic (exact) mass is 269 g/mol. The summed E-state index contributed by atoms with van der Waals surface area (Å²) in [6, 6.07) is 5.48. The standard InChI is InChI=1S/C14H23NO4/c1-9(16)10(2)19-14(8-15)12-6-5-11(17-3)7-13(12)18-4/h5-7,9-10,14,16H,8,15H2,1-4H3. The van der Waals surface area contributed by atoms with Gasteiger partial charge in [-0.05, 0) is 26.0 Å². The summed E-state index contributed by atoms with van der Waals surface area (Å²) in [5.74, 6) is 1.37. The average molecular weight is 269 g/mol. The molecule has 0 spiro atoms. The lowest BCUT2D eigenvalue weighted by Gasteiger charge is -2.25. The van der Waals surface area contributed by atoms with Crippen LogP contribution >= 0.6 is 0 Å². The fourth-order valence-electron chi connectivity index (χ4n) is 1.71. The molecule has 0 aliphatic carbocycles. The fraction of sp³-hybridized carbons (Fsp3) is 0.571. The van der Waals surface area contributed by atoms with Gasteiger partial charge in [0.2, 0.25) is 0 Å². The first kappa shape index (κ1) is 15.8. The minimum absolute atomic E-state index is 0.305. The zero-order valence-corrected chi connectivity index (χ0v) is 11.9. The molecule has 5 nitrogen and oxygen atoms in total. The summed E-state index contributed by atoms with van der Waals surface area (Å²) in [6.07, 6.45) is -1.19. The lowest BCUT2D eigenvalue weighted by atomic mass is 10.1. The molecule has 0 bridgehead atoms. The van der Waals surface area contributed by atoms with E-state index < -0.39 is 6.10 Å². The van der Waals surface area contributed by atoms with Crippen LogP contribution in [0.3, 0.4) is 0 Å². The van der Waals surface area contributed by atoms with Gasteiger partial charge in [0.15, 0.2) is 0 Å². The topological polar surface area (TPSA) is 73.9 Å². The second-order valence-corrected chi connectivity index (χ2v) is 4.41. The second kappa shape index (κ2) is 7.33. The van der Waals surface area contributed by atoms with Crippen LogP contribution < -0.4 is 15.2 Å². The van der Waals surface area contributed by atoms with Crippen molar-refractivity contribution < 1.29 is 19.3 Å². The molecule has 0 radical (unpaired) electrons. The van der Waals surface area contributed by atoms with E-state index in [0.717, 1.165) is 5.56 Å². The molecule has 0 saturated heterocycles. The summed E-state index contributed by atoms with van der Waals surface area (Å²) in [5, 5.41) is 9.50. The Bertz CT molecular complexity index is 395. The summed E-state index contributed by atoms with van der Waals surface area (Å²) in [5.41, 5.74) is 6.60. The van der Waals surface area contributed by atoms with Crippen molar-refractivity contribution in [2.45, 2.75) is 32.2 Å². The quantitative estimate of drug-likeness (QED) is 0.784. The van der Waals surface area contributed by atoms with Crippen molar-refractivity contribution in [2.24, 2.45) is 5.73 Å². The molecule has 0 aromatic heterocycles. The number of aliphatic hydroxyl groups excluding tert-OH is 1. The fourth-order valence-corrected chi connectivity index (χ4v) is 1.71. The van der Waals surface area contributed by atoms with Gasteiger partial charge in [-0.15, -0.1) is 0 Å². The van der Waals surface area contributed by atoms with Crippen LogP contribution in [0.4, 0.5) is 0 Å². The first-order valence-electron chi connectivity index (χ1n) is 6.29. The molecule has 1 aromatic rings. The van der Waals surface area contributed by atoms with Crippen LogP contribution in [0.5, 0.6) is 11.5 Å². The number of benzene rings is 1. The van der Waals surface area contributed by atoms with Crippen LogP contribution in [0, 0.1) is 0 Å². The van der Waals surface area contributed by atoms with Crippen molar-refractivity contribution in [1.82, 2.24) is 0 Å². The minimum atomic E-state index is -0.557. The molecule has 0 fully saturated rings. The number of rotatable bonds is 7. The molecular weight excluding hydrogens is 246 g/mol. The zero-order valence-electron chi connectivity index (χ0n) is 11.9. The normalized spacial score (nSPS) is 15.7. The van der Waals surface area contributed by atoms with Crippen molar-refractivity contribution in [3.8, 4) is 11.5 Å². The van der Waals surface area contributed by atoms with Crippen LogP contribution in [0.2, 0.25) is 0 Å². The second-order valence-electron chi connectivity index (χ2n) is 4.41. The van der Waals surface area contributed by atoms with Crippen LogP contribution in [0.25, 0.3) is 0 Å². The van der Waals surface area contributed by atoms with Gasteiger partial charge in [-0.1, -0.05) is 0 Å². The minimum Gasteiger partial charge on any atom is -0.497 e. The van der Waals surface area contributed by atoms with Gasteiger partial charge < -0.3 is 25.1 Å². The van der Waals surface area contributed by atoms with E-state index >= 15 is 0 Å². The lowest BCUT2D eigenvalue weighted by molar-refractivity contribution is -0.0597. The van der Waals surface area contributed by atoms with Crippen LogP contribution in [-0.2, 0) is 4.74 Å². The first-order valence-corrected chi connectivity index (χ1v) is 6.29. The maximum absolute atomic E-state index is 9.50. The van der Waals surface area contributed by atoms with E-state index in [1.165, 1.54) is 0 Å². The largest absolute Gasteiger partial charge is 0.497 e. The van der Waals surface area contributed by atoms with Crippen molar-refractivity contribution >= 4 is 0 Å². The maximum Gasteiger partial charge on any atom is 0.128 e. The lowest BCUT2D eigenvalue weighted by Crippen LogP contribution is -2.28. The highest BCUT2D eigenvalue weighted by Crippen LogP contribution is 2.31. The van der Waals surface area contributed by atoms with E-state index in [1.54, 1.807) is 27.2 Å². The molecular formula is C14H23NO4. The average Bonchev–Trinajstić information content (AvgIpc) is 2.43. The van der Waals surface area contributed by atoms with E-state index in [0.29, 0.717) is 18.0 Å². The SMILES string of the molecule is COc1ccc(C(CN)OC(C)C(C)O)c(OC)c1. The number of hydrogen-bond donors (Lipinski definition) is 2. The molecule has 0 heterocycles. The molecule has 3 unspecified atom stereocenters. The molecule has 1 aromatic carbocycles. The molecule has 0 saturated carbocycles. The van der Waals surface area contributed by atoms with Crippen molar-refractivity contribution in [3.05, 3.63) is 23.8 Å². The zero-order chi connectivity index (χ0) is 14.4. The summed E-state index contributed by atoms with van der Waals surface area (Å²) in [6.45, 7) is 3.80. The third-order valence-electron chi connectivity index (χ3n) is 3.06. The summed E-state index contributed by atoms with van der Waals surface area (Å²) in [4.78, 5) is 0. The van der Waals surface area contributed by atoms with Gasteiger partial charge in [0.05, 0.1) is 32.5 Å². The molecule has 108 valence electrons. The molecule has 3 atom stereocenters. The highest BCUT2D eigenvalue weighted by atomic mass is 16.5. The number of ether oxygens (including phenoxy) is 3. The Morgan fingerprint density at radius 1 is 1.21 bits per heavy atom. The van der Waals surface area contributed by atoms with E-state index in [2.05, 4.69) is 0 Å². The van der Waals surface area contributed by atoms with E-state index in [4.69, 9.17) is 19.9 Å². The first-order chi connectivity index (χ1) is 9.03. The number of aliphatic hydroxyl groups is 1. The highest BCUT2D eigenvalue weighted by Gasteiger charge is 2.20. The Hall–Kier alpha value is -1.30. The Morgan fingerprint density at radius 2 is 1.89 bits per heavy atom. The highest BCUT2D eigenvalue weighted by molar-refractivity contribution is 5.42. The molecule has 19 heavy (non-hydrogen) atoms. The smallest absolute Gasteiger partial charge is 0.128 e. The maximum atomic E-state index is 9.50. The number of nitrogens with two attached hydrogens (primary N) is 1. The number of methoxy groups -OCH3 is 2. The Balaban J connectivity index is 2.97. The summed E-state index contributed by atoms with van der Waals surface area (Å²) >= 11 is 0. The Labute approximate surface area is 114 Å². The molecule has 0 aliphatic heterocycles. The van der Waals surface area contributed by atoms with Gasteiger partial charge in [-0.3, -0.25) is 0 Å². The Morgan fingerprint density at radius 3 is 2.37 bits per heavy atom. The third kappa shape index (κ3) is 4.09. The predicted octanol–water partition coefficient (Wildman–Crippen LogP) is 1.49. The molecule has 0 aliphatic rings. The van der Waals surface area contributed by atoms with Crippen LogP contribution in [0.15, 0.2) is 18.2 Å². The van der Waals surface area contributed by atoms with Gasteiger partial charge in [0.25, 0.3) is 0 Å². The summed E-state index contributed by atoms with van der Waals surface area (Å²) < 4.78 is 16.3. The number of hydrogen-bond acceptors (Lipinski definition) is 5. The molecule has 1 rings (SSSR count). The Kier molecular flexibility index (Phi) is 6.08. The van der Waals surface area contributed by atoms with Crippen LogP contribution in [0.1, 0.15) is 25.5 Å². The molecule has 0 amide bonds. The van der Waals surface area contributed by atoms with Gasteiger partial charge in [0, 0.05) is 18.2 Å². The van der Waals surface area contributed by atoms with Gasteiger partial charge >= 0.3 is 0 Å².